The van der Waals surface area contributed by atoms with Gasteiger partial charge in [-0.25, -0.2) is 4.39 Å². The van der Waals surface area contributed by atoms with E-state index in [1.807, 2.05) is 31.2 Å². The number of anilines is 1. The molecule has 144 valence electrons. The van der Waals surface area contributed by atoms with Crippen LogP contribution in [0.5, 0.6) is 0 Å². The third-order valence-corrected chi connectivity index (χ3v) is 6.39. The zero-order chi connectivity index (χ0) is 19.8. The largest absolute Gasteiger partial charge is 0.325 e. The number of carbonyl (C=O) groups is 1. The smallest absolute Gasteiger partial charge is 0.280 e. The van der Waals surface area contributed by atoms with Crippen LogP contribution in [0.2, 0.25) is 5.02 Å². The number of nitrogens with zero attached hydrogens (tertiary/aromatic N) is 1. The van der Waals surface area contributed by atoms with Gasteiger partial charge in [0, 0.05) is 18.8 Å². The SMILES string of the molecule is Cc1cccc(C2CC(C(=O)Nc3ccc(F)c(Cl)c3)N(C)S(=O)(=O)N2)c1. The zero-order valence-corrected chi connectivity index (χ0v) is 16.3. The molecule has 2 atom stereocenters. The van der Waals surface area contributed by atoms with Crippen molar-refractivity contribution in [1.82, 2.24) is 9.03 Å². The summed E-state index contributed by atoms with van der Waals surface area (Å²) in [4.78, 5) is 12.7. The van der Waals surface area contributed by atoms with Crippen molar-refractivity contribution in [3.8, 4) is 0 Å². The summed E-state index contributed by atoms with van der Waals surface area (Å²) in [6.45, 7) is 1.91. The van der Waals surface area contributed by atoms with E-state index in [0.29, 0.717) is 5.69 Å². The second-order valence-electron chi connectivity index (χ2n) is 6.48. The molecule has 0 aliphatic carbocycles. The lowest BCUT2D eigenvalue weighted by Crippen LogP contribution is -2.55. The maximum atomic E-state index is 13.3. The van der Waals surface area contributed by atoms with Gasteiger partial charge in [0.25, 0.3) is 10.2 Å². The molecule has 0 saturated carbocycles. The molecule has 2 unspecified atom stereocenters. The van der Waals surface area contributed by atoms with Gasteiger partial charge in [-0.3, -0.25) is 4.79 Å². The highest BCUT2D eigenvalue weighted by Gasteiger charge is 2.40. The standard InChI is InChI=1S/C18H19ClFN3O3S/c1-11-4-3-5-12(8-11)16-10-17(23(2)27(25,26)22-16)18(24)21-13-6-7-15(20)14(19)9-13/h3-9,16-17,22H,10H2,1-2H3,(H,21,24). The van der Waals surface area contributed by atoms with Crippen LogP contribution in [0, 0.1) is 12.7 Å². The van der Waals surface area contributed by atoms with Crippen LogP contribution in [0.3, 0.4) is 0 Å². The van der Waals surface area contributed by atoms with Crippen molar-refractivity contribution >= 4 is 33.4 Å². The van der Waals surface area contributed by atoms with E-state index in [2.05, 4.69) is 10.0 Å². The summed E-state index contributed by atoms with van der Waals surface area (Å²) in [5.41, 5.74) is 2.07. The molecule has 1 saturated heterocycles. The highest BCUT2D eigenvalue weighted by Crippen LogP contribution is 2.29. The molecule has 2 N–H and O–H groups in total. The molecule has 9 heteroatoms. The molecule has 6 nitrogen and oxygen atoms in total. The van der Waals surface area contributed by atoms with E-state index in [-0.39, 0.29) is 11.4 Å². The predicted molar refractivity (Wildman–Crippen MR) is 102 cm³/mol. The first-order chi connectivity index (χ1) is 12.7. The van der Waals surface area contributed by atoms with Gasteiger partial charge in [0.2, 0.25) is 5.91 Å². The van der Waals surface area contributed by atoms with Gasteiger partial charge in [0.15, 0.2) is 0 Å². The molecule has 1 heterocycles. The summed E-state index contributed by atoms with van der Waals surface area (Å²) in [5, 5.41) is 2.48. The van der Waals surface area contributed by atoms with E-state index in [0.717, 1.165) is 21.5 Å². The number of aryl methyl sites for hydroxylation is 1. The van der Waals surface area contributed by atoms with Gasteiger partial charge in [-0.15, -0.1) is 0 Å². The number of hydrogen-bond donors (Lipinski definition) is 2. The van der Waals surface area contributed by atoms with E-state index in [4.69, 9.17) is 11.6 Å². The van der Waals surface area contributed by atoms with Crippen LogP contribution >= 0.6 is 11.6 Å². The number of amides is 1. The Balaban J connectivity index is 1.85. The van der Waals surface area contributed by atoms with Crippen LogP contribution in [-0.2, 0) is 15.0 Å². The first kappa shape index (κ1) is 19.8. The van der Waals surface area contributed by atoms with Crippen LogP contribution in [0.25, 0.3) is 0 Å². The van der Waals surface area contributed by atoms with Crippen LogP contribution in [0.1, 0.15) is 23.6 Å². The number of benzene rings is 2. The van der Waals surface area contributed by atoms with Gasteiger partial charge in [0.1, 0.15) is 11.9 Å². The summed E-state index contributed by atoms with van der Waals surface area (Å²) >= 11 is 5.73. The van der Waals surface area contributed by atoms with Crippen molar-refractivity contribution in [2.45, 2.75) is 25.4 Å². The lowest BCUT2D eigenvalue weighted by Gasteiger charge is -2.36. The molecule has 3 rings (SSSR count). The summed E-state index contributed by atoms with van der Waals surface area (Å²) in [6.07, 6.45) is 0.250. The van der Waals surface area contributed by atoms with Crippen molar-refractivity contribution < 1.29 is 17.6 Å². The maximum Gasteiger partial charge on any atom is 0.280 e. The normalized spacial score (nSPS) is 22.4. The Hall–Kier alpha value is -2.00. The second kappa shape index (κ2) is 7.55. The maximum absolute atomic E-state index is 13.3. The summed E-state index contributed by atoms with van der Waals surface area (Å²) < 4.78 is 41.8. The van der Waals surface area contributed by atoms with Gasteiger partial charge in [-0.1, -0.05) is 41.4 Å². The van der Waals surface area contributed by atoms with Crippen LogP contribution in [-0.4, -0.2) is 31.7 Å². The van der Waals surface area contributed by atoms with Crippen LogP contribution < -0.4 is 10.0 Å². The number of halogens is 2. The Kier molecular flexibility index (Phi) is 5.53. The fraction of sp³-hybridized carbons (Fsp3) is 0.278. The van der Waals surface area contributed by atoms with Gasteiger partial charge >= 0.3 is 0 Å². The number of carbonyl (C=O) groups excluding carboxylic acids is 1. The topological polar surface area (TPSA) is 78.5 Å². The summed E-state index contributed by atoms with van der Waals surface area (Å²) in [6, 6.07) is 9.78. The van der Waals surface area contributed by atoms with Crippen molar-refractivity contribution in [2.24, 2.45) is 0 Å². The minimum atomic E-state index is -3.84. The van der Waals surface area contributed by atoms with Crippen molar-refractivity contribution in [2.75, 3.05) is 12.4 Å². The highest BCUT2D eigenvalue weighted by atomic mass is 35.5. The molecular weight excluding hydrogens is 393 g/mol. The highest BCUT2D eigenvalue weighted by molar-refractivity contribution is 7.87. The molecule has 2 aromatic carbocycles. The first-order valence-electron chi connectivity index (χ1n) is 8.25. The molecule has 1 aliphatic rings. The number of rotatable bonds is 3. The molecule has 0 aromatic heterocycles. The summed E-state index contributed by atoms with van der Waals surface area (Å²) in [5.74, 6) is -1.11. The van der Waals surface area contributed by atoms with Gasteiger partial charge in [-0.05, 0) is 37.1 Å². The number of hydrogen-bond acceptors (Lipinski definition) is 3. The van der Waals surface area contributed by atoms with E-state index >= 15 is 0 Å². The zero-order valence-electron chi connectivity index (χ0n) is 14.7. The number of nitrogens with one attached hydrogen (secondary N) is 2. The molecule has 0 spiro atoms. The average molecular weight is 412 g/mol. The Labute approximate surface area is 162 Å². The fourth-order valence-electron chi connectivity index (χ4n) is 3.01. The Morgan fingerprint density at radius 3 is 2.70 bits per heavy atom. The number of likely N-dealkylation sites (N-methyl/N-ethyl adjacent to an activating group) is 1. The molecule has 27 heavy (non-hydrogen) atoms. The summed E-state index contributed by atoms with van der Waals surface area (Å²) in [7, 11) is -2.49. The monoisotopic (exact) mass is 411 g/mol. The second-order valence-corrected chi connectivity index (χ2v) is 8.64. The van der Waals surface area contributed by atoms with Crippen molar-refractivity contribution in [3.05, 3.63) is 64.4 Å². The van der Waals surface area contributed by atoms with Crippen LogP contribution in [0.4, 0.5) is 10.1 Å². The van der Waals surface area contributed by atoms with E-state index in [1.165, 1.54) is 19.2 Å². The average Bonchev–Trinajstić information content (AvgIpc) is 2.60. The van der Waals surface area contributed by atoms with Gasteiger partial charge in [0.05, 0.1) is 5.02 Å². The molecular formula is C18H19ClFN3O3S. The molecule has 0 bridgehead atoms. The predicted octanol–water partition coefficient (Wildman–Crippen LogP) is 3.01. The molecule has 0 radical (unpaired) electrons. The van der Waals surface area contributed by atoms with E-state index in [1.54, 1.807) is 0 Å². The van der Waals surface area contributed by atoms with Crippen LogP contribution in [0.15, 0.2) is 42.5 Å². The Morgan fingerprint density at radius 2 is 2.04 bits per heavy atom. The molecule has 1 fully saturated rings. The van der Waals surface area contributed by atoms with E-state index < -0.39 is 34.0 Å². The lowest BCUT2D eigenvalue weighted by molar-refractivity contribution is -0.120. The van der Waals surface area contributed by atoms with Gasteiger partial charge in [-0.2, -0.15) is 17.4 Å². The van der Waals surface area contributed by atoms with Crippen molar-refractivity contribution in [3.63, 3.8) is 0 Å². The molecule has 1 amide bonds. The first-order valence-corrected chi connectivity index (χ1v) is 10.1. The third-order valence-electron chi connectivity index (χ3n) is 4.50. The Bertz CT molecular complexity index is 984. The fourth-order valence-corrected chi connectivity index (χ4v) is 4.47. The van der Waals surface area contributed by atoms with Gasteiger partial charge < -0.3 is 5.32 Å². The Morgan fingerprint density at radius 1 is 1.30 bits per heavy atom. The minimum Gasteiger partial charge on any atom is -0.325 e. The van der Waals surface area contributed by atoms with Crippen molar-refractivity contribution in [1.29, 1.82) is 0 Å². The third kappa shape index (κ3) is 4.30. The quantitative estimate of drug-likeness (QED) is 0.814. The molecule has 2 aromatic rings. The molecule has 1 aliphatic heterocycles. The van der Waals surface area contributed by atoms with E-state index in [9.17, 15) is 17.6 Å². The lowest BCUT2D eigenvalue weighted by atomic mass is 9.98. The minimum absolute atomic E-state index is 0.128.